The molecule has 1 aliphatic heterocycles. The Morgan fingerprint density at radius 1 is 1.36 bits per heavy atom. The Bertz CT molecular complexity index is 259. The monoisotopic (exact) mass is 168 g/mol. The van der Waals surface area contributed by atoms with E-state index in [-0.39, 0.29) is 0 Å². The molecule has 0 nitrogen and oxygen atoms in total. The van der Waals surface area contributed by atoms with E-state index in [9.17, 15) is 4.39 Å². The van der Waals surface area contributed by atoms with Gasteiger partial charge in [0.1, 0.15) is 6.17 Å². The van der Waals surface area contributed by atoms with Crippen molar-refractivity contribution in [1.82, 2.24) is 0 Å². The van der Waals surface area contributed by atoms with Crippen LogP contribution in [0.1, 0.15) is 18.2 Å². The first-order valence-electron chi connectivity index (χ1n) is 3.74. The van der Waals surface area contributed by atoms with Crippen molar-refractivity contribution in [2.75, 3.05) is 5.75 Å². The van der Waals surface area contributed by atoms with E-state index in [0.29, 0.717) is 6.42 Å². The Balaban J connectivity index is 2.44. The summed E-state index contributed by atoms with van der Waals surface area (Å²) in [5.74, 6) is 0.915. The summed E-state index contributed by atoms with van der Waals surface area (Å²) >= 11 is 1.75. The van der Waals surface area contributed by atoms with Gasteiger partial charge in [-0.05, 0) is 18.1 Å². The van der Waals surface area contributed by atoms with Gasteiger partial charge in [-0.15, -0.1) is 11.8 Å². The van der Waals surface area contributed by atoms with Crippen LogP contribution in [-0.4, -0.2) is 5.75 Å². The molecule has 58 valence electrons. The molecule has 0 bridgehead atoms. The summed E-state index contributed by atoms with van der Waals surface area (Å²) in [4.78, 5) is 1.12. The molecule has 0 aliphatic carbocycles. The fourth-order valence-corrected chi connectivity index (χ4v) is 2.38. The van der Waals surface area contributed by atoms with Crippen molar-refractivity contribution in [3.8, 4) is 0 Å². The molecule has 0 saturated carbocycles. The Kier molecular flexibility index (Phi) is 1.86. The maximum Gasteiger partial charge on any atom is 0.127 e. The molecular formula is C9H9FS. The molecule has 0 spiro atoms. The van der Waals surface area contributed by atoms with Crippen molar-refractivity contribution in [2.45, 2.75) is 17.5 Å². The predicted octanol–water partition coefficient (Wildman–Crippen LogP) is 3.19. The number of fused-ring (bicyclic) bond motifs is 1. The molecule has 2 rings (SSSR count). The molecule has 0 N–H and O–H groups in total. The van der Waals surface area contributed by atoms with Gasteiger partial charge in [0.2, 0.25) is 0 Å². The minimum atomic E-state index is -0.729. The van der Waals surface area contributed by atoms with Crippen LogP contribution in [0.5, 0.6) is 0 Å². The van der Waals surface area contributed by atoms with E-state index in [4.69, 9.17) is 0 Å². The zero-order valence-electron chi connectivity index (χ0n) is 6.09. The number of thioether (sulfide) groups is 1. The fourth-order valence-electron chi connectivity index (χ4n) is 1.30. The molecule has 0 saturated heterocycles. The second-order valence-electron chi connectivity index (χ2n) is 2.64. The smallest absolute Gasteiger partial charge is 0.127 e. The highest BCUT2D eigenvalue weighted by Crippen LogP contribution is 2.37. The first kappa shape index (κ1) is 7.17. The maximum absolute atomic E-state index is 13.2. The number of alkyl halides is 1. The summed E-state index contributed by atoms with van der Waals surface area (Å²) in [6.45, 7) is 0. The normalized spacial score (nSPS) is 22.8. The molecule has 11 heavy (non-hydrogen) atoms. The van der Waals surface area contributed by atoms with Crippen LogP contribution in [0.25, 0.3) is 0 Å². The van der Waals surface area contributed by atoms with E-state index in [1.807, 2.05) is 24.3 Å². The number of rotatable bonds is 0. The van der Waals surface area contributed by atoms with Crippen LogP contribution < -0.4 is 0 Å². The van der Waals surface area contributed by atoms with Crippen LogP contribution in [0.3, 0.4) is 0 Å². The third-order valence-corrected chi connectivity index (χ3v) is 3.01. The van der Waals surface area contributed by atoms with Crippen molar-refractivity contribution in [1.29, 1.82) is 0 Å². The molecule has 1 aliphatic rings. The largest absolute Gasteiger partial charge is 0.242 e. The molecule has 0 amide bonds. The number of halogens is 1. The van der Waals surface area contributed by atoms with Gasteiger partial charge in [0.05, 0.1) is 0 Å². The van der Waals surface area contributed by atoms with Gasteiger partial charge in [0.15, 0.2) is 0 Å². The average molecular weight is 168 g/mol. The summed E-state index contributed by atoms with van der Waals surface area (Å²) in [6, 6.07) is 7.74. The lowest BCUT2D eigenvalue weighted by Crippen LogP contribution is -2.01. The number of benzene rings is 1. The highest BCUT2D eigenvalue weighted by molar-refractivity contribution is 7.99. The van der Waals surface area contributed by atoms with Crippen molar-refractivity contribution in [3.63, 3.8) is 0 Å². The van der Waals surface area contributed by atoms with E-state index in [0.717, 1.165) is 16.2 Å². The first-order chi connectivity index (χ1) is 5.38. The van der Waals surface area contributed by atoms with E-state index in [1.54, 1.807) is 11.8 Å². The van der Waals surface area contributed by atoms with Crippen molar-refractivity contribution in [3.05, 3.63) is 29.8 Å². The molecule has 0 fully saturated rings. The zero-order chi connectivity index (χ0) is 7.68. The Morgan fingerprint density at radius 2 is 2.18 bits per heavy atom. The van der Waals surface area contributed by atoms with Gasteiger partial charge in [-0.2, -0.15) is 0 Å². The van der Waals surface area contributed by atoms with E-state index in [1.165, 1.54) is 0 Å². The molecule has 0 aromatic heterocycles. The topological polar surface area (TPSA) is 0 Å². The van der Waals surface area contributed by atoms with Crippen LogP contribution in [0, 0.1) is 0 Å². The van der Waals surface area contributed by atoms with E-state index in [2.05, 4.69) is 0 Å². The van der Waals surface area contributed by atoms with Gasteiger partial charge in [0.25, 0.3) is 0 Å². The van der Waals surface area contributed by atoms with Gasteiger partial charge in [0, 0.05) is 10.6 Å². The predicted molar refractivity (Wildman–Crippen MR) is 45.6 cm³/mol. The van der Waals surface area contributed by atoms with Crippen LogP contribution >= 0.6 is 11.8 Å². The Hall–Kier alpha value is -0.500. The molecule has 2 heteroatoms. The summed E-state index contributed by atoms with van der Waals surface area (Å²) in [5, 5.41) is 0. The number of hydrogen-bond donors (Lipinski definition) is 0. The fraction of sp³-hybridized carbons (Fsp3) is 0.333. The van der Waals surface area contributed by atoms with Crippen LogP contribution in [0.15, 0.2) is 29.2 Å². The van der Waals surface area contributed by atoms with Crippen molar-refractivity contribution < 1.29 is 4.39 Å². The summed E-state index contributed by atoms with van der Waals surface area (Å²) in [6.07, 6.45) is -0.0609. The van der Waals surface area contributed by atoms with Crippen LogP contribution in [0.4, 0.5) is 4.39 Å². The summed E-state index contributed by atoms with van der Waals surface area (Å²) < 4.78 is 13.2. The van der Waals surface area contributed by atoms with Crippen molar-refractivity contribution >= 4 is 11.8 Å². The third kappa shape index (κ3) is 1.27. The van der Waals surface area contributed by atoms with E-state index >= 15 is 0 Å². The SMILES string of the molecule is FC1CCSc2ccccc21. The second kappa shape index (κ2) is 2.86. The number of hydrogen-bond acceptors (Lipinski definition) is 1. The molecule has 0 radical (unpaired) electrons. The highest BCUT2D eigenvalue weighted by atomic mass is 32.2. The highest BCUT2D eigenvalue weighted by Gasteiger charge is 2.18. The standard InChI is InChI=1S/C9H9FS/c10-8-5-6-11-9-4-2-1-3-7(8)9/h1-4,8H,5-6H2. The zero-order valence-corrected chi connectivity index (χ0v) is 6.90. The lowest BCUT2D eigenvalue weighted by Gasteiger charge is -2.17. The Labute approximate surface area is 69.8 Å². The van der Waals surface area contributed by atoms with E-state index < -0.39 is 6.17 Å². The second-order valence-corrected chi connectivity index (χ2v) is 3.78. The quantitative estimate of drug-likeness (QED) is 0.573. The lowest BCUT2D eigenvalue weighted by molar-refractivity contribution is 0.329. The molecule has 1 atom stereocenters. The van der Waals surface area contributed by atoms with Gasteiger partial charge in [-0.25, -0.2) is 4.39 Å². The molecule has 1 heterocycles. The lowest BCUT2D eigenvalue weighted by atomic mass is 10.1. The molecule has 1 aromatic carbocycles. The van der Waals surface area contributed by atoms with Crippen LogP contribution in [-0.2, 0) is 0 Å². The molecular weight excluding hydrogens is 159 g/mol. The van der Waals surface area contributed by atoms with Gasteiger partial charge in [-0.1, -0.05) is 18.2 Å². The molecule has 1 unspecified atom stereocenters. The van der Waals surface area contributed by atoms with Crippen LogP contribution in [0.2, 0.25) is 0 Å². The van der Waals surface area contributed by atoms with Gasteiger partial charge < -0.3 is 0 Å². The first-order valence-corrected chi connectivity index (χ1v) is 4.72. The molecule has 1 aromatic rings. The minimum Gasteiger partial charge on any atom is -0.242 e. The minimum absolute atomic E-state index is 0.668. The van der Waals surface area contributed by atoms with Gasteiger partial charge in [-0.3, -0.25) is 0 Å². The summed E-state index contributed by atoms with van der Waals surface area (Å²) in [5.41, 5.74) is 0.878. The average Bonchev–Trinajstić information content (AvgIpc) is 2.06. The van der Waals surface area contributed by atoms with Crippen molar-refractivity contribution in [2.24, 2.45) is 0 Å². The Morgan fingerprint density at radius 3 is 3.00 bits per heavy atom. The maximum atomic E-state index is 13.2. The summed E-state index contributed by atoms with van der Waals surface area (Å²) in [7, 11) is 0. The van der Waals surface area contributed by atoms with Gasteiger partial charge >= 0.3 is 0 Å². The third-order valence-electron chi connectivity index (χ3n) is 1.89.